The average Bonchev–Trinajstić information content (AvgIpc) is 2.71. The van der Waals surface area contributed by atoms with Crippen molar-refractivity contribution in [3.63, 3.8) is 0 Å². The van der Waals surface area contributed by atoms with Gasteiger partial charge in [0.25, 0.3) is 0 Å². The summed E-state index contributed by atoms with van der Waals surface area (Å²) in [5.41, 5.74) is 0. The molecule has 0 atom stereocenters. The van der Waals surface area contributed by atoms with Crippen molar-refractivity contribution in [2.24, 2.45) is 5.92 Å². The molecule has 4 nitrogen and oxygen atoms in total. The van der Waals surface area contributed by atoms with Crippen molar-refractivity contribution in [3.05, 3.63) is 11.6 Å². The summed E-state index contributed by atoms with van der Waals surface area (Å²) in [5.74, 6) is -1.19. The van der Waals surface area contributed by atoms with Gasteiger partial charge in [-0.1, -0.05) is 0 Å². The number of carbonyl (C=O) groups is 1. The maximum absolute atomic E-state index is 10.6. The number of carboxylic acids is 1. The van der Waals surface area contributed by atoms with E-state index in [1.807, 2.05) is 5.38 Å². The zero-order valence-corrected chi connectivity index (χ0v) is 8.50. The number of aliphatic carboxylic acids is 1. The fraction of sp³-hybridized carbons (Fsp3) is 0.556. The van der Waals surface area contributed by atoms with Crippen LogP contribution >= 0.6 is 11.3 Å². The summed E-state index contributed by atoms with van der Waals surface area (Å²) in [4.78, 5) is 16.9. The highest BCUT2D eigenvalue weighted by molar-refractivity contribution is 7.13. The molecule has 0 radical (unpaired) electrons. The summed E-state index contributed by atoms with van der Waals surface area (Å²) < 4.78 is 0. The monoisotopic (exact) mass is 211 g/mol. The molecule has 1 fully saturated rings. The Morgan fingerprint density at radius 3 is 2.79 bits per heavy atom. The van der Waals surface area contributed by atoms with Crippen molar-refractivity contribution in [3.8, 4) is 0 Å². The van der Waals surface area contributed by atoms with Gasteiger partial charge in [0, 0.05) is 36.6 Å². The third-order valence-corrected chi connectivity index (χ3v) is 3.35. The van der Waals surface area contributed by atoms with Crippen molar-refractivity contribution in [1.29, 1.82) is 0 Å². The Balaban J connectivity index is 1.93. The van der Waals surface area contributed by atoms with Crippen LogP contribution in [0.2, 0.25) is 0 Å². The van der Waals surface area contributed by atoms with E-state index in [1.165, 1.54) is 0 Å². The second kappa shape index (κ2) is 3.96. The van der Waals surface area contributed by atoms with Crippen LogP contribution in [0.4, 0.5) is 5.13 Å². The van der Waals surface area contributed by atoms with Gasteiger partial charge in [0.15, 0.2) is 5.13 Å². The van der Waals surface area contributed by atoms with Crippen molar-refractivity contribution >= 4 is 22.4 Å². The Kier molecular flexibility index (Phi) is 2.67. The van der Waals surface area contributed by atoms with Gasteiger partial charge in [-0.3, -0.25) is 0 Å². The highest BCUT2D eigenvalue weighted by Crippen LogP contribution is 2.24. The van der Waals surface area contributed by atoms with E-state index in [-0.39, 0.29) is 5.92 Å². The summed E-state index contributed by atoms with van der Waals surface area (Å²) in [6.45, 7) is 1.54. The highest BCUT2D eigenvalue weighted by atomic mass is 32.1. The van der Waals surface area contributed by atoms with Gasteiger partial charge in [0.05, 0.1) is 0 Å². The Labute approximate surface area is 86.2 Å². The zero-order valence-electron chi connectivity index (χ0n) is 7.68. The van der Waals surface area contributed by atoms with E-state index in [9.17, 15) is 9.90 Å². The van der Waals surface area contributed by atoms with E-state index in [0.717, 1.165) is 18.2 Å². The predicted octanol–water partition coefficient (Wildman–Crippen LogP) is 0.109. The Bertz CT molecular complexity index is 305. The number of rotatable bonds is 2. The zero-order chi connectivity index (χ0) is 9.97. The molecular formula is C9H11N2O2S-. The van der Waals surface area contributed by atoms with Crippen molar-refractivity contribution < 1.29 is 9.90 Å². The predicted molar refractivity (Wildman–Crippen MR) is 52.1 cm³/mol. The third-order valence-electron chi connectivity index (χ3n) is 2.52. The molecule has 0 aromatic carbocycles. The molecule has 1 aliphatic rings. The maximum Gasteiger partial charge on any atom is 0.185 e. The minimum absolute atomic E-state index is 0.272. The standard InChI is InChI=1S/C9H12N2O2S/c12-8(13)7-1-4-11(5-2-7)9-10-3-6-14-9/h3,6-7H,1-2,4-5H2,(H,12,13)/p-1. The number of anilines is 1. The molecule has 2 heterocycles. The first-order valence-electron chi connectivity index (χ1n) is 4.62. The second-order valence-corrected chi connectivity index (χ2v) is 4.27. The average molecular weight is 211 g/mol. The SMILES string of the molecule is O=C([O-])C1CCN(c2nccs2)CC1. The van der Waals surface area contributed by atoms with Gasteiger partial charge < -0.3 is 14.8 Å². The van der Waals surface area contributed by atoms with Gasteiger partial charge in [0.1, 0.15) is 0 Å². The van der Waals surface area contributed by atoms with E-state index in [4.69, 9.17) is 0 Å². The molecule has 0 N–H and O–H groups in total. The van der Waals surface area contributed by atoms with Crippen LogP contribution < -0.4 is 10.0 Å². The Morgan fingerprint density at radius 1 is 1.57 bits per heavy atom. The first-order chi connectivity index (χ1) is 6.77. The number of hydrogen-bond donors (Lipinski definition) is 0. The van der Waals surface area contributed by atoms with Gasteiger partial charge >= 0.3 is 0 Å². The number of carbonyl (C=O) groups excluding carboxylic acids is 1. The fourth-order valence-corrected chi connectivity index (χ4v) is 2.38. The molecular weight excluding hydrogens is 200 g/mol. The third kappa shape index (κ3) is 1.87. The van der Waals surface area contributed by atoms with Crippen molar-refractivity contribution in [2.75, 3.05) is 18.0 Å². The smallest absolute Gasteiger partial charge is 0.185 e. The minimum atomic E-state index is -0.913. The molecule has 0 bridgehead atoms. The van der Waals surface area contributed by atoms with Gasteiger partial charge in [-0.25, -0.2) is 4.98 Å². The molecule has 0 saturated carbocycles. The van der Waals surface area contributed by atoms with Crippen LogP contribution in [0.15, 0.2) is 11.6 Å². The Morgan fingerprint density at radius 2 is 2.29 bits per heavy atom. The Hall–Kier alpha value is -1.10. The highest BCUT2D eigenvalue weighted by Gasteiger charge is 2.20. The lowest BCUT2D eigenvalue weighted by Crippen LogP contribution is -2.41. The van der Waals surface area contributed by atoms with E-state index in [1.54, 1.807) is 17.5 Å². The van der Waals surface area contributed by atoms with Crippen LogP contribution in [0.3, 0.4) is 0 Å². The summed E-state index contributed by atoms with van der Waals surface area (Å²) in [6, 6.07) is 0. The molecule has 1 aliphatic heterocycles. The van der Waals surface area contributed by atoms with E-state index < -0.39 is 5.97 Å². The first-order valence-corrected chi connectivity index (χ1v) is 5.50. The molecule has 0 amide bonds. The molecule has 5 heteroatoms. The molecule has 14 heavy (non-hydrogen) atoms. The second-order valence-electron chi connectivity index (χ2n) is 3.40. The number of aromatic nitrogens is 1. The maximum atomic E-state index is 10.6. The molecule has 2 rings (SSSR count). The normalized spacial score (nSPS) is 18.4. The number of hydrogen-bond acceptors (Lipinski definition) is 5. The lowest BCUT2D eigenvalue weighted by Gasteiger charge is -2.31. The van der Waals surface area contributed by atoms with Gasteiger partial charge in [-0.05, 0) is 12.8 Å². The first kappa shape index (κ1) is 9.45. The van der Waals surface area contributed by atoms with E-state index >= 15 is 0 Å². The van der Waals surface area contributed by atoms with E-state index in [2.05, 4.69) is 9.88 Å². The summed E-state index contributed by atoms with van der Waals surface area (Å²) in [7, 11) is 0. The molecule has 76 valence electrons. The van der Waals surface area contributed by atoms with Crippen LogP contribution in [0.5, 0.6) is 0 Å². The molecule has 0 aliphatic carbocycles. The summed E-state index contributed by atoms with van der Waals surface area (Å²) in [5, 5.41) is 13.5. The van der Waals surface area contributed by atoms with Crippen LogP contribution in [-0.2, 0) is 4.79 Å². The van der Waals surface area contributed by atoms with Crippen molar-refractivity contribution in [1.82, 2.24) is 4.98 Å². The molecule has 1 aromatic heterocycles. The molecule has 1 aromatic rings. The summed E-state index contributed by atoms with van der Waals surface area (Å²) in [6.07, 6.45) is 3.11. The van der Waals surface area contributed by atoms with Gasteiger partial charge in [-0.15, -0.1) is 11.3 Å². The lowest BCUT2D eigenvalue weighted by molar-refractivity contribution is -0.312. The van der Waals surface area contributed by atoms with Gasteiger partial charge in [-0.2, -0.15) is 0 Å². The number of carboxylic acid groups (broad SMARTS) is 1. The minimum Gasteiger partial charge on any atom is -0.550 e. The molecule has 1 saturated heterocycles. The fourth-order valence-electron chi connectivity index (χ4n) is 1.68. The topological polar surface area (TPSA) is 56.3 Å². The van der Waals surface area contributed by atoms with Crippen LogP contribution in [0, 0.1) is 5.92 Å². The van der Waals surface area contributed by atoms with Crippen LogP contribution in [0.1, 0.15) is 12.8 Å². The van der Waals surface area contributed by atoms with Crippen LogP contribution in [0.25, 0.3) is 0 Å². The van der Waals surface area contributed by atoms with E-state index in [0.29, 0.717) is 12.8 Å². The number of thiazole rings is 1. The summed E-state index contributed by atoms with van der Waals surface area (Å²) >= 11 is 1.59. The number of nitrogens with zero attached hydrogens (tertiary/aromatic N) is 2. The number of piperidine rings is 1. The van der Waals surface area contributed by atoms with Crippen LogP contribution in [-0.4, -0.2) is 24.0 Å². The largest absolute Gasteiger partial charge is 0.550 e. The van der Waals surface area contributed by atoms with Gasteiger partial charge in [0.2, 0.25) is 0 Å². The molecule has 0 spiro atoms. The van der Waals surface area contributed by atoms with Crippen molar-refractivity contribution in [2.45, 2.75) is 12.8 Å². The lowest BCUT2D eigenvalue weighted by atomic mass is 9.98. The quantitative estimate of drug-likeness (QED) is 0.696. The molecule has 0 unspecified atom stereocenters.